The number of benzene rings is 1. The number of halogens is 2. The third-order valence-corrected chi connectivity index (χ3v) is 3.60. The van der Waals surface area contributed by atoms with Crippen LogP contribution < -0.4 is 0 Å². The first-order valence-corrected chi connectivity index (χ1v) is 5.29. The highest BCUT2D eigenvalue weighted by molar-refractivity contribution is 7.21. The summed E-state index contributed by atoms with van der Waals surface area (Å²) in [5.74, 6) is -0.968. The average Bonchev–Trinajstić information content (AvgIpc) is 2.56. The summed E-state index contributed by atoms with van der Waals surface area (Å²) in [5.41, 5.74) is 0. The minimum absolute atomic E-state index is 0.125. The molecule has 1 aromatic heterocycles. The molecule has 1 heterocycles. The summed E-state index contributed by atoms with van der Waals surface area (Å²) in [6.07, 6.45) is 0. The van der Waals surface area contributed by atoms with Crippen molar-refractivity contribution in [3.8, 4) is 0 Å². The van der Waals surface area contributed by atoms with E-state index in [-0.39, 0.29) is 15.3 Å². The van der Waals surface area contributed by atoms with Gasteiger partial charge in [0.15, 0.2) is 0 Å². The maximum absolute atomic E-state index is 13.4. The highest BCUT2D eigenvalue weighted by Gasteiger charge is 2.19. The van der Waals surface area contributed by atoms with Gasteiger partial charge in [-0.2, -0.15) is 0 Å². The lowest BCUT2D eigenvalue weighted by atomic mass is 10.2. The van der Waals surface area contributed by atoms with E-state index in [4.69, 9.17) is 11.6 Å². The first-order chi connectivity index (χ1) is 7.15. The molecular formula is C10H6ClFO2S. The Morgan fingerprint density at radius 3 is 2.87 bits per heavy atom. The second-order valence-electron chi connectivity index (χ2n) is 2.85. The van der Waals surface area contributed by atoms with E-state index in [0.29, 0.717) is 4.70 Å². The fourth-order valence-corrected chi connectivity index (χ4v) is 2.76. The molecule has 2 aromatic rings. The van der Waals surface area contributed by atoms with Gasteiger partial charge in [0.25, 0.3) is 0 Å². The highest BCUT2D eigenvalue weighted by atomic mass is 35.5. The number of carbonyl (C=O) groups is 1. The fraction of sp³-hybridized carbons (Fsp3) is 0.100. The number of esters is 1. The Hall–Kier alpha value is -1.13. The van der Waals surface area contributed by atoms with E-state index >= 15 is 0 Å². The Balaban J connectivity index is 2.75. The monoisotopic (exact) mass is 244 g/mol. The van der Waals surface area contributed by atoms with Gasteiger partial charge in [0.05, 0.1) is 12.1 Å². The highest BCUT2D eigenvalue weighted by Crippen LogP contribution is 2.37. The molecule has 2 nitrogen and oxygen atoms in total. The summed E-state index contributed by atoms with van der Waals surface area (Å²) in [6.45, 7) is 0. The molecule has 0 spiro atoms. The molecule has 0 aliphatic carbocycles. The quantitative estimate of drug-likeness (QED) is 0.718. The molecule has 0 aliphatic rings. The van der Waals surface area contributed by atoms with Gasteiger partial charge in [0.1, 0.15) is 10.7 Å². The van der Waals surface area contributed by atoms with Crippen molar-refractivity contribution in [3.05, 3.63) is 33.9 Å². The van der Waals surface area contributed by atoms with Gasteiger partial charge in [-0.15, -0.1) is 11.3 Å². The lowest BCUT2D eigenvalue weighted by Gasteiger charge is -1.94. The molecule has 0 saturated heterocycles. The lowest BCUT2D eigenvalue weighted by molar-refractivity contribution is 0.0606. The minimum Gasteiger partial charge on any atom is -0.465 e. The van der Waals surface area contributed by atoms with Crippen LogP contribution in [0.2, 0.25) is 5.02 Å². The van der Waals surface area contributed by atoms with Crippen LogP contribution in [-0.2, 0) is 4.74 Å². The Bertz CT molecular complexity index is 535. The minimum atomic E-state index is -0.541. The smallest absolute Gasteiger partial charge is 0.349 e. The normalized spacial score (nSPS) is 10.6. The van der Waals surface area contributed by atoms with Crippen LogP contribution in [0.25, 0.3) is 10.1 Å². The molecular weight excluding hydrogens is 239 g/mol. The molecule has 0 bridgehead atoms. The molecule has 0 amide bonds. The van der Waals surface area contributed by atoms with Gasteiger partial charge < -0.3 is 4.74 Å². The van der Waals surface area contributed by atoms with Crippen molar-refractivity contribution in [3.63, 3.8) is 0 Å². The molecule has 0 unspecified atom stereocenters. The van der Waals surface area contributed by atoms with E-state index in [9.17, 15) is 9.18 Å². The van der Waals surface area contributed by atoms with Crippen LogP contribution >= 0.6 is 22.9 Å². The SMILES string of the molecule is COC(=O)c1sc2cccc(F)c2c1Cl. The maximum Gasteiger partial charge on any atom is 0.349 e. The second kappa shape index (κ2) is 3.79. The van der Waals surface area contributed by atoms with Crippen LogP contribution in [0.5, 0.6) is 0 Å². The molecule has 0 N–H and O–H groups in total. The van der Waals surface area contributed by atoms with Gasteiger partial charge in [-0.1, -0.05) is 17.7 Å². The summed E-state index contributed by atoms with van der Waals surface area (Å²) < 4.78 is 18.6. The van der Waals surface area contributed by atoms with Crippen LogP contribution in [0.15, 0.2) is 18.2 Å². The molecule has 0 saturated carbocycles. The van der Waals surface area contributed by atoms with E-state index in [0.717, 1.165) is 11.3 Å². The Labute approximate surface area is 94.2 Å². The largest absolute Gasteiger partial charge is 0.465 e. The number of carbonyl (C=O) groups excluding carboxylic acids is 1. The first-order valence-electron chi connectivity index (χ1n) is 4.10. The zero-order chi connectivity index (χ0) is 11.0. The standard InChI is InChI=1S/C10H6ClFO2S/c1-14-10(13)9-8(11)7-5(12)3-2-4-6(7)15-9/h2-4H,1H3. The van der Waals surface area contributed by atoms with E-state index in [1.807, 2.05) is 0 Å². The van der Waals surface area contributed by atoms with E-state index < -0.39 is 11.8 Å². The van der Waals surface area contributed by atoms with Gasteiger partial charge in [0.2, 0.25) is 0 Å². The van der Waals surface area contributed by atoms with Crippen molar-refractivity contribution < 1.29 is 13.9 Å². The van der Waals surface area contributed by atoms with Crippen LogP contribution in [0.3, 0.4) is 0 Å². The number of methoxy groups -OCH3 is 1. The van der Waals surface area contributed by atoms with E-state index in [1.54, 1.807) is 12.1 Å². The van der Waals surface area contributed by atoms with Crippen molar-refractivity contribution >= 4 is 39.0 Å². The Morgan fingerprint density at radius 1 is 1.53 bits per heavy atom. The van der Waals surface area contributed by atoms with Crippen LogP contribution in [0.4, 0.5) is 4.39 Å². The molecule has 1 aromatic carbocycles. The lowest BCUT2D eigenvalue weighted by Crippen LogP contribution is -1.98. The summed E-state index contributed by atoms with van der Waals surface area (Å²) in [7, 11) is 1.26. The van der Waals surface area contributed by atoms with Crippen molar-refractivity contribution in [2.75, 3.05) is 7.11 Å². The molecule has 0 fully saturated rings. The Kier molecular flexibility index (Phi) is 2.63. The van der Waals surface area contributed by atoms with Crippen molar-refractivity contribution in [2.45, 2.75) is 0 Å². The van der Waals surface area contributed by atoms with Crippen molar-refractivity contribution in [2.24, 2.45) is 0 Å². The summed E-state index contributed by atoms with van der Waals surface area (Å²) in [6, 6.07) is 4.59. The number of fused-ring (bicyclic) bond motifs is 1. The number of hydrogen-bond acceptors (Lipinski definition) is 3. The zero-order valence-corrected chi connectivity index (χ0v) is 9.29. The molecule has 5 heteroatoms. The molecule has 0 aliphatic heterocycles. The second-order valence-corrected chi connectivity index (χ2v) is 4.28. The van der Waals surface area contributed by atoms with Gasteiger partial charge in [-0.05, 0) is 12.1 Å². The molecule has 15 heavy (non-hydrogen) atoms. The fourth-order valence-electron chi connectivity index (χ4n) is 1.29. The predicted octanol–water partition coefficient (Wildman–Crippen LogP) is 3.48. The van der Waals surface area contributed by atoms with E-state index in [1.165, 1.54) is 13.2 Å². The predicted molar refractivity (Wildman–Crippen MR) is 58.1 cm³/mol. The summed E-state index contributed by atoms with van der Waals surface area (Å²) in [4.78, 5) is 11.5. The van der Waals surface area contributed by atoms with Crippen LogP contribution in [-0.4, -0.2) is 13.1 Å². The first kappa shape index (κ1) is 10.4. The summed E-state index contributed by atoms with van der Waals surface area (Å²) >= 11 is 7.03. The van der Waals surface area contributed by atoms with Gasteiger partial charge in [0, 0.05) is 10.1 Å². The third-order valence-electron chi connectivity index (χ3n) is 1.98. The topological polar surface area (TPSA) is 26.3 Å². The van der Waals surface area contributed by atoms with Gasteiger partial charge >= 0.3 is 5.97 Å². The number of rotatable bonds is 1. The molecule has 0 radical (unpaired) electrons. The molecule has 2 rings (SSSR count). The average molecular weight is 245 g/mol. The molecule has 0 atom stereocenters. The van der Waals surface area contributed by atoms with Gasteiger partial charge in [-0.25, -0.2) is 9.18 Å². The molecule has 78 valence electrons. The zero-order valence-electron chi connectivity index (χ0n) is 7.71. The maximum atomic E-state index is 13.4. The van der Waals surface area contributed by atoms with Crippen LogP contribution in [0.1, 0.15) is 9.67 Å². The summed E-state index contributed by atoms with van der Waals surface area (Å²) in [5, 5.41) is 0.407. The Morgan fingerprint density at radius 2 is 2.27 bits per heavy atom. The number of thiophene rings is 1. The van der Waals surface area contributed by atoms with Crippen LogP contribution in [0, 0.1) is 5.82 Å². The number of hydrogen-bond donors (Lipinski definition) is 0. The third kappa shape index (κ3) is 1.60. The van der Waals surface area contributed by atoms with Crippen molar-refractivity contribution in [1.29, 1.82) is 0 Å². The van der Waals surface area contributed by atoms with Gasteiger partial charge in [-0.3, -0.25) is 0 Å². The van der Waals surface area contributed by atoms with E-state index in [2.05, 4.69) is 4.74 Å². The number of ether oxygens (including phenoxy) is 1. The van der Waals surface area contributed by atoms with Crippen molar-refractivity contribution in [1.82, 2.24) is 0 Å².